The fourth-order valence-corrected chi connectivity index (χ4v) is 2.58. The molecule has 0 heterocycles. The summed E-state index contributed by atoms with van der Waals surface area (Å²) in [7, 11) is -3.63. The van der Waals surface area contributed by atoms with Crippen LogP contribution in [0.1, 0.15) is 29.8 Å². The number of anilines is 1. The molecule has 0 spiro atoms. The molecule has 0 aromatic heterocycles. The minimum atomic E-state index is -3.63. The third kappa shape index (κ3) is 4.01. The highest BCUT2D eigenvalue weighted by molar-refractivity contribution is 7.90. The molecule has 6 nitrogen and oxygen atoms in total. The van der Waals surface area contributed by atoms with Crippen molar-refractivity contribution in [1.29, 1.82) is 0 Å². The summed E-state index contributed by atoms with van der Waals surface area (Å²) in [6.07, 6.45) is 0. The molecule has 0 radical (unpaired) electrons. The van der Waals surface area contributed by atoms with E-state index in [1.165, 1.54) is 18.2 Å². The molecule has 0 aliphatic carbocycles. The first-order valence-electron chi connectivity index (χ1n) is 5.35. The van der Waals surface area contributed by atoms with Crippen LogP contribution in [0.3, 0.4) is 0 Å². The number of benzene rings is 1. The van der Waals surface area contributed by atoms with Crippen molar-refractivity contribution in [2.45, 2.75) is 26.8 Å². The maximum absolute atomic E-state index is 11.6. The van der Waals surface area contributed by atoms with E-state index in [9.17, 15) is 13.2 Å². The van der Waals surface area contributed by atoms with E-state index in [0.29, 0.717) is 11.3 Å². The highest BCUT2D eigenvalue weighted by Crippen LogP contribution is 2.16. The number of carboxylic acids is 1. The summed E-state index contributed by atoms with van der Waals surface area (Å²) in [5.74, 6) is -1.04. The minimum absolute atomic E-state index is 0.148. The van der Waals surface area contributed by atoms with Crippen LogP contribution in [0.2, 0.25) is 0 Å². The van der Waals surface area contributed by atoms with Gasteiger partial charge in [0.1, 0.15) is 0 Å². The van der Waals surface area contributed by atoms with E-state index in [1.54, 1.807) is 20.8 Å². The molecule has 100 valence electrons. The monoisotopic (exact) mass is 272 g/mol. The lowest BCUT2D eigenvalue weighted by Gasteiger charge is -2.12. The van der Waals surface area contributed by atoms with Gasteiger partial charge >= 0.3 is 5.97 Å². The molecule has 1 aromatic carbocycles. The van der Waals surface area contributed by atoms with Gasteiger partial charge in [-0.15, -0.1) is 0 Å². The molecule has 0 aliphatic heterocycles. The van der Waals surface area contributed by atoms with Gasteiger partial charge < -0.3 is 5.11 Å². The van der Waals surface area contributed by atoms with E-state index in [4.69, 9.17) is 5.11 Å². The number of nitrogens with one attached hydrogen (secondary N) is 2. The van der Waals surface area contributed by atoms with Gasteiger partial charge in [0.15, 0.2) is 0 Å². The standard InChI is InChI=1S/C11H16N2O4S/c1-7(2)12-18(16,17)13-9-4-5-10(11(14)15)8(3)6-9/h4-7,12-13H,1-3H3,(H,14,15). The molecule has 1 aromatic rings. The number of hydrogen-bond donors (Lipinski definition) is 3. The topological polar surface area (TPSA) is 95.5 Å². The molecule has 0 aliphatic rings. The molecule has 0 atom stereocenters. The maximum atomic E-state index is 11.6. The molecule has 0 saturated carbocycles. The smallest absolute Gasteiger partial charge is 0.335 e. The highest BCUT2D eigenvalue weighted by atomic mass is 32.2. The minimum Gasteiger partial charge on any atom is -0.478 e. The third-order valence-corrected chi connectivity index (χ3v) is 3.39. The van der Waals surface area contributed by atoms with Gasteiger partial charge in [0.05, 0.1) is 11.3 Å². The lowest BCUT2D eigenvalue weighted by Crippen LogP contribution is -2.35. The molecule has 1 rings (SSSR count). The second-order valence-electron chi connectivity index (χ2n) is 4.21. The first-order valence-corrected chi connectivity index (χ1v) is 6.83. The van der Waals surface area contributed by atoms with Crippen molar-refractivity contribution < 1.29 is 18.3 Å². The Bertz CT molecular complexity index is 552. The molecular weight excluding hydrogens is 256 g/mol. The lowest BCUT2D eigenvalue weighted by molar-refractivity contribution is 0.0696. The molecule has 3 N–H and O–H groups in total. The van der Waals surface area contributed by atoms with E-state index < -0.39 is 16.2 Å². The van der Waals surface area contributed by atoms with Gasteiger partial charge in [-0.2, -0.15) is 13.1 Å². The average Bonchev–Trinajstić information content (AvgIpc) is 2.13. The second-order valence-corrected chi connectivity index (χ2v) is 5.66. The molecule has 0 saturated heterocycles. The van der Waals surface area contributed by atoms with Crippen LogP contribution in [0.25, 0.3) is 0 Å². The summed E-state index contributed by atoms with van der Waals surface area (Å²) >= 11 is 0. The van der Waals surface area contributed by atoms with Crippen LogP contribution in [0.5, 0.6) is 0 Å². The van der Waals surface area contributed by atoms with Crippen molar-refractivity contribution in [2.75, 3.05) is 4.72 Å². The van der Waals surface area contributed by atoms with Crippen molar-refractivity contribution in [1.82, 2.24) is 4.72 Å². The van der Waals surface area contributed by atoms with Crippen molar-refractivity contribution in [2.24, 2.45) is 0 Å². The predicted octanol–water partition coefficient (Wildman–Crippen LogP) is 1.35. The zero-order chi connectivity index (χ0) is 13.9. The molecular formula is C11H16N2O4S. The van der Waals surface area contributed by atoms with Crippen LogP contribution >= 0.6 is 0 Å². The lowest BCUT2D eigenvalue weighted by atomic mass is 10.1. The molecule has 0 amide bonds. The van der Waals surface area contributed by atoms with E-state index in [-0.39, 0.29) is 11.6 Å². The Morgan fingerprint density at radius 2 is 1.94 bits per heavy atom. The maximum Gasteiger partial charge on any atom is 0.335 e. The average molecular weight is 272 g/mol. The molecule has 18 heavy (non-hydrogen) atoms. The normalized spacial score (nSPS) is 11.6. The van der Waals surface area contributed by atoms with E-state index in [2.05, 4.69) is 9.44 Å². The Morgan fingerprint density at radius 3 is 2.39 bits per heavy atom. The summed E-state index contributed by atoms with van der Waals surface area (Å²) in [6.45, 7) is 5.02. The van der Waals surface area contributed by atoms with E-state index in [1.807, 2.05) is 0 Å². The Kier molecular flexibility index (Phi) is 4.31. The number of rotatable bonds is 5. The largest absolute Gasteiger partial charge is 0.478 e. The number of carbonyl (C=O) groups is 1. The van der Waals surface area contributed by atoms with Gasteiger partial charge in [0, 0.05) is 6.04 Å². The van der Waals surface area contributed by atoms with Gasteiger partial charge in [0.2, 0.25) is 0 Å². The molecule has 7 heteroatoms. The Hall–Kier alpha value is -1.60. The highest BCUT2D eigenvalue weighted by Gasteiger charge is 2.13. The van der Waals surface area contributed by atoms with Gasteiger partial charge in [0.25, 0.3) is 10.2 Å². The van der Waals surface area contributed by atoms with Crippen molar-refractivity contribution in [3.63, 3.8) is 0 Å². The van der Waals surface area contributed by atoms with Crippen molar-refractivity contribution >= 4 is 21.9 Å². The molecule has 0 fully saturated rings. The van der Waals surface area contributed by atoms with Gasteiger partial charge in [-0.1, -0.05) is 0 Å². The fourth-order valence-electron chi connectivity index (χ4n) is 1.46. The van der Waals surface area contributed by atoms with E-state index in [0.717, 1.165) is 0 Å². The van der Waals surface area contributed by atoms with Crippen molar-refractivity contribution in [3.8, 4) is 0 Å². The summed E-state index contributed by atoms with van der Waals surface area (Å²) in [5.41, 5.74) is 0.965. The zero-order valence-electron chi connectivity index (χ0n) is 10.4. The quantitative estimate of drug-likeness (QED) is 0.754. The number of aromatic carboxylic acids is 1. The van der Waals surface area contributed by atoms with Crippen LogP contribution in [0.4, 0.5) is 5.69 Å². The summed E-state index contributed by atoms with van der Waals surface area (Å²) < 4.78 is 27.9. The SMILES string of the molecule is Cc1cc(NS(=O)(=O)NC(C)C)ccc1C(=O)O. The van der Waals surface area contributed by atoms with Crippen LogP contribution in [0, 0.1) is 6.92 Å². The van der Waals surface area contributed by atoms with Crippen LogP contribution in [-0.2, 0) is 10.2 Å². The van der Waals surface area contributed by atoms with Gasteiger partial charge in [-0.25, -0.2) is 4.79 Å². The van der Waals surface area contributed by atoms with Crippen molar-refractivity contribution in [3.05, 3.63) is 29.3 Å². The second kappa shape index (κ2) is 5.36. The van der Waals surface area contributed by atoms with Crippen LogP contribution in [-0.4, -0.2) is 25.5 Å². The predicted molar refractivity (Wildman–Crippen MR) is 69.0 cm³/mol. The van der Waals surface area contributed by atoms with Gasteiger partial charge in [-0.3, -0.25) is 4.72 Å². The molecule has 0 bridgehead atoms. The number of carboxylic acid groups (broad SMARTS) is 1. The Balaban J connectivity index is 2.94. The summed E-state index contributed by atoms with van der Waals surface area (Å²) in [4.78, 5) is 10.8. The summed E-state index contributed by atoms with van der Waals surface area (Å²) in [5, 5.41) is 8.86. The summed E-state index contributed by atoms with van der Waals surface area (Å²) in [6, 6.07) is 4.03. The molecule has 0 unspecified atom stereocenters. The van der Waals surface area contributed by atoms with E-state index >= 15 is 0 Å². The Labute approximate surface area is 106 Å². The first kappa shape index (κ1) is 14.5. The van der Waals surface area contributed by atoms with Crippen LogP contribution < -0.4 is 9.44 Å². The first-order chi connectivity index (χ1) is 8.21. The van der Waals surface area contributed by atoms with Crippen LogP contribution in [0.15, 0.2) is 18.2 Å². The number of hydrogen-bond acceptors (Lipinski definition) is 3. The number of aryl methyl sites for hydroxylation is 1. The Morgan fingerprint density at radius 1 is 1.33 bits per heavy atom. The third-order valence-electron chi connectivity index (χ3n) is 2.10. The fraction of sp³-hybridized carbons (Fsp3) is 0.364. The zero-order valence-corrected chi connectivity index (χ0v) is 11.2. The van der Waals surface area contributed by atoms with Gasteiger partial charge in [-0.05, 0) is 44.5 Å².